The van der Waals surface area contributed by atoms with E-state index in [9.17, 15) is 18.3 Å². The van der Waals surface area contributed by atoms with Crippen LogP contribution >= 0.6 is 11.3 Å². The first-order chi connectivity index (χ1) is 11.9. The summed E-state index contributed by atoms with van der Waals surface area (Å²) in [5.41, 5.74) is 0.926. The predicted molar refractivity (Wildman–Crippen MR) is 98.3 cm³/mol. The maximum absolute atomic E-state index is 12.5. The van der Waals surface area contributed by atoms with Crippen molar-refractivity contribution >= 4 is 27.1 Å². The summed E-state index contributed by atoms with van der Waals surface area (Å²) in [5.74, 6) is -1.51. The smallest absolute Gasteiger partial charge is 0.549 e. The van der Waals surface area contributed by atoms with Gasteiger partial charge in [-0.05, 0) is 49.8 Å². The van der Waals surface area contributed by atoms with Gasteiger partial charge in [0.25, 0.3) is 0 Å². The van der Waals surface area contributed by atoms with Crippen LogP contribution in [0.15, 0.2) is 46.7 Å². The average molecular weight is 403 g/mol. The zero-order valence-corrected chi connectivity index (χ0v) is 18.9. The number of carbonyl (C=O) groups excluding carboxylic acids is 1. The number of carboxylic acids is 1. The number of carboxylic acid groups (broad SMARTS) is 1. The minimum absolute atomic E-state index is 0. The van der Waals surface area contributed by atoms with E-state index < -0.39 is 21.1 Å². The minimum Gasteiger partial charge on any atom is -0.549 e. The van der Waals surface area contributed by atoms with E-state index in [1.165, 1.54) is 17.0 Å². The Morgan fingerprint density at radius 3 is 2.31 bits per heavy atom. The van der Waals surface area contributed by atoms with Crippen LogP contribution in [0.25, 0.3) is 0 Å². The van der Waals surface area contributed by atoms with Gasteiger partial charge in [0.05, 0.1) is 10.9 Å². The summed E-state index contributed by atoms with van der Waals surface area (Å²) >= 11 is 1.73. The fourth-order valence-corrected chi connectivity index (χ4v) is 5.05. The van der Waals surface area contributed by atoms with E-state index in [4.69, 9.17) is 0 Å². The number of sulfone groups is 1. The molecule has 1 heterocycles. The first-order valence-corrected chi connectivity index (χ1v) is 10.9. The zero-order chi connectivity index (χ0) is 18.3. The fourth-order valence-electron chi connectivity index (χ4n) is 2.73. The molecule has 2 aromatic rings. The van der Waals surface area contributed by atoms with Gasteiger partial charge in [-0.25, -0.2) is 8.42 Å². The van der Waals surface area contributed by atoms with Gasteiger partial charge in [-0.2, -0.15) is 0 Å². The third-order valence-electron chi connectivity index (χ3n) is 4.21. The van der Waals surface area contributed by atoms with Crippen LogP contribution in [0.3, 0.4) is 0 Å². The number of carbonyl (C=O) groups is 1. The van der Waals surface area contributed by atoms with E-state index in [0.29, 0.717) is 6.42 Å². The molecular weight excluding hydrogens is 379 g/mol. The van der Waals surface area contributed by atoms with Crippen molar-refractivity contribution in [2.24, 2.45) is 0 Å². The maximum atomic E-state index is 12.5. The Balaban J connectivity index is 0.00000338. The molecule has 136 valence electrons. The quantitative estimate of drug-likeness (QED) is 0.419. The molecule has 2 rings (SSSR count). The van der Waals surface area contributed by atoms with Gasteiger partial charge in [-0.15, -0.1) is 11.3 Å². The molecule has 0 spiro atoms. The van der Waals surface area contributed by atoms with Crippen LogP contribution < -0.4 is 34.7 Å². The minimum atomic E-state index is -3.91. The molecule has 1 aromatic heterocycles. The van der Waals surface area contributed by atoms with Crippen molar-refractivity contribution in [1.82, 2.24) is 0 Å². The Kier molecular flexibility index (Phi) is 10.1. The first-order valence-electron chi connectivity index (χ1n) is 8.45. The number of benzene rings is 1. The van der Waals surface area contributed by atoms with Gasteiger partial charge in [-0.1, -0.05) is 43.0 Å². The average Bonchev–Trinajstić information content (AvgIpc) is 3.07. The maximum Gasteiger partial charge on any atom is 1.00 e. The van der Waals surface area contributed by atoms with Crippen molar-refractivity contribution < 1.29 is 47.9 Å². The van der Waals surface area contributed by atoms with Crippen LogP contribution in [0, 0.1) is 6.92 Å². The number of aryl methyl sites for hydroxylation is 2. The Morgan fingerprint density at radius 2 is 1.73 bits per heavy atom. The van der Waals surface area contributed by atoms with Crippen molar-refractivity contribution in [2.75, 3.05) is 0 Å². The van der Waals surface area contributed by atoms with E-state index in [1.54, 1.807) is 23.5 Å². The molecule has 1 atom stereocenters. The molecule has 1 aromatic carbocycles. The second-order valence-electron chi connectivity index (χ2n) is 6.20. The third kappa shape index (κ3) is 6.82. The summed E-state index contributed by atoms with van der Waals surface area (Å²) in [7, 11) is -3.91. The Bertz CT molecular complexity index is 768. The summed E-state index contributed by atoms with van der Waals surface area (Å²) < 4.78 is 25.1. The van der Waals surface area contributed by atoms with Gasteiger partial charge >= 0.3 is 29.6 Å². The number of thiophene rings is 1. The Hall–Kier alpha value is -0.660. The van der Waals surface area contributed by atoms with Gasteiger partial charge in [0.1, 0.15) is 5.25 Å². The van der Waals surface area contributed by atoms with E-state index >= 15 is 0 Å². The zero-order valence-electron chi connectivity index (χ0n) is 15.3. The van der Waals surface area contributed by atoms with Crippen LogP contribution in [-0.4, -0.2) is 19.6 Å². The monoisotopic (exact) mass is 402 g/mol. The van der Waals surface area contributed by atoms with E-state index in [2.05, 4.69) is 11.4 Å². The molecule has 0 bridgehead atoms. The molecule has 7 heteroatoms. The van der Waals surface area contributed by atoms with Crippen molar-refractivity contribution in [3.8, 4) is 0 Å². The molecule has 0 saturated carbocycles. The van der Waals surface area contributed by atoms with Crippen molar-refractivity contribution in [3.63, 3.8) is 0 Å². The molecule has 26 heavy (non-hydrogen) atoms. The third-order valence-corrected chi connectivity index (χ3v) is 7.25. The molecule has 0 fully saturated rings. The fraction of sp³-hybridized carbons (Fsp3) is 0.421. The van der Waals surface area contributed by atoms with Crippen LogP contribution in [-0.2, 0) is 21.1 Å². The van der Waals surface area contributed by atoms with Crippen LogP contribution in [0.1, 0.15) is 42.5 Å². The molecule has 0 radical (unpaired) electrons. The molecule has 0 saturated heterocycles. The molecule has 0 aliphatic rings. The number of unbranched alkanes of at least 4 members (excludes halogenated alkanes) is 3. The van der Waals surface area contributed by atoms with Crippen LogP contribution in [0.5, 0.6) is 0 Å². The van der Waals surface area contributed by atoms with E-state index in [0.717, 1.165) is 31.2 Å². The number of hydrogen-bond donors (Lipinski definition) is 0. The second kappa shape index (κ2) is 11.2. The summed E-state index contributed by atoms with van der Waals surface area (Å²) in [5, 5.41) is 11.9. The van der Waals surface area contributed by atoms with Crippen molar-refractivity contribution in [2.45, 2.75) is 55.6 Å². The SMILES string of the molecule is Cc1ccc(S(=O)(=O)C(CCCCCCc2cccs2)C(=O)[O-])cc1.[Na+]. The summed E-state index contributed by atoms with van der Waals surface area (Å²) in [6.45, 7) is 1.85. The van der Waals surface area contributed by atoms with Crippen LogP contribution in [0.2, 0.25) is 0 Å². The largest absolute Gasteiger partial charge is 1.00 e. The standard InChI is InChI=1S/C19H24O4S2.Na/c1-15-10-12-17(13-11-15)25(22,23)18(19(20)21)9-5-3-2-4-7-16-8-6-14-24-16;/h6,8,10-14,18H,2-5,7,9H2,1H3,(H,20,21);/q;+1/p-1. The first kappa shape index (κ1) is 23.4. The molecule has 1 unspecified atom stereocenters. The molecule has 0 aliphatic heterocycles. The Labute approximate surface area is 181 Å². The van der Waals surface area contributed by atoms with Gasteiger partial charge < -0.3 is 9.90 Å². The molecule has 0 amide bonds. The topological polar surface area (TPSA) is 74.3 Å². The van der Waals surface area contributed by atoms with Gasteiger partial charge in [0.2, 0.25) is 0 Å². The molecule has 0 N–H and O–H groups in total. The summed E-state index contributed by atoms with van der Waals surface area (Å²) in [4.78, 5) is 12.8. The number of hydrogen-bond acceptors (Lipinski definition) is 5. The second-order valence-corrected chi connectivity index (χ2v) is 9.36. The number of rotatable bonds is 10. The Morgan fingerprint density at radius 1 is 1.08 bits per heavy atom. The van der Waals surface area contributed by atoms with Gasteiger partial charge in [0.15, 0.2) is 9.84 Å². The van der Waals surface area contributed by atoms with Gasteiger partial charge in [0, 0.05) is 4.88 Å². The predicted octanol–water partition coefficient (Wildman–Crippen LogP) is 0.146. The van der Waals surface area contributed by atoms with Crippen LogP contribution in [0.4, 0.5) is 0 Å². The van der Waals surface area contributed by atoms with Gasteiger partial charge in [-0.3, -0.25) is 0 Å². The van der Waals surface area contributed by atoms with Crippen molar-refractivity contribution in [3.05, 3.63) is 52.2 Å². The summed E-state index contributed by atoms with van der Waals surface area (Å²) in [6, 6.07) is 10.4. The molecule has 4 nitrogen and oxygen atoms in total. The number of aliphatic carboxylic acids is 1. The normalized spacial score (nSPS) is 12.3. The van der Waals surface area contributed by atoms with E-state index in [1.807, 2.05) is 13.0 Å². The van der Waals surface area contributed by atoms with Crippen molar-refractivity contribution in [1.29, 1.82) is 0 Å². The summed E-state index contributed by atoms with van der Waals surface area (Å²) in [6.07, 6.45) is 4.48. The molecular formula is C19H23NaO4S2. The molecule has 0 aliphatic carbocycles. The van der Waals surface area contributed by atoms with E-state index in [-0.39, 0.29) is 40.9 Å².